The first-order chi connectivity index (χ1) is 4.12. The smallest absolute Gasteiger partial charge is 0.140 e. The second-order valence-corrected chi connectivity index (χ2v) is 3.36. The van der Waals surface area contributed by atoms with Gasteiger partial charge in [0.05, 0.1) is 4.87 Å². The van der Waals surface area contributed by atoms with Crippen LogP contribution in [0, 0.1) is 0 Å². The molecule has 0 heterocycles. The Hall–Kier alpha value is -0.0400. The molecule has 1 atom stereocenters. The third-order valence-corrected chi connectivity index (χ3v) is 1.54. The van der Waals surface area contributed by atoms with E-state index in [4.69, 9.17) is 11.6 Å². The zero-order chi connectivity index (χ0) is 7.33. The van der Waals surface area contributed by atoms with Crippen molar-refractivity contribution in [1.29, 1.82) is 0 Å². The first-order valence-corrected chi connectivity index (χ1v) is 3.65. The number of halogens is 1. The number of carbonyl (C=O) groups excluding carboxylic acids is 1. The lowest BCUT2D eigenvalue weighted by Gasteiger charge is -2.11. The third kappa shape index (κ3) is 4.46. The van der Waals surface area contributed by atoms with Crippen LogP contribution in [-0.2, 0) is 4.79 Å². The first-order valence-electron chi connectivity index (χ1n) is 3.27. The Bertz CT molecular complexity index is 88.9. The highest BCUT2D eigenvalue weighted by Gasteiger charge is 2.17. The second kappa shape index (κ2) is 3.89. The van der Waals surface area contributed by atoms with E-state index < -0.39 is 4.87 Å². The highest BCUT2D eigenvalue weighted by Crippen LogP contribution is 2.18. The molecule has 0 N–H and O–H groups in total. The molecule has 0 rings (SSSR count). The van der Waals surface area contributed by atoms with Crippen molar-refractivity contribution in [3.05, 3.63) is 0 Å². The van der Waals surface area contributed by atoms with Gasteiger partial charge in [-0.15, -0.1) is 11.6 Å². The molecule has 9 heavy (non-hydrogen) atoms. The highest BCUT2D eigenvalue weighted by atomic mass is 35.5. The molecule has 0 aliphatic rings. The number of unbranched alkanes of at least 4 members (excludes halogenated alkanes) is 1. The average molecular weight is 149 g/mol. The quantitative estimate of drug-likeness (QED) is 0.442. The summed E-state index contributed by atoms with van der Waals surface area (Å²) in [6.45, 7) is 3.83. The summed E-state index contributed by atoms with van der Waals surface area (Å²) in [6.07, 6.45) is 3.72. The van der Waals surface area contributed by atoms with Gasteiger partial charge in [0.25, 0.3) is 0 Å². The fourth-order valence-corrected chi connectivity index (χ4v) is 0.715. The van der Waals surface area contributed by atoms with Gasteiger partial charge >= 0.3 is 0 Å². The summed E-state index contributed by atoms with van der Waals surface area (Å²) in [6, 6.07) is 0. The van der Waals surface area contributed by atoms with E-state index in [1.807, 2.05) is 0 Å². The zero-order valence-electron chi connectivity index (χ0n) is 5.98. The fraction of sp³-hybridized carbons (Fsp3) is 0.857. The van der Waals surface area contributed by atoms with Crippen molar-refractivity contribution >= 4 is 17.9 Å². The van der Waals surface area contributed by atoms with Crippen molar-refractivity contribution in [2.45, 2.75) is 38.0 Å². The van der Waals surface area contributed by atoms with Crippen LogP contribution in [0.4, 0.5) is 0 Å². The molecule has 0 spiro atoms. The van der Waals surface area contributed by atoms with E-state index in [2.05, 4.69) is 6.92 Å². The summed E-state index contributed by atoms with van der Waals surface area (Å²) in [4.78, 5) is 9.59. The van der Waals surface area contributed by atoms with Gasteiger partial charge < -0.3 is 4.79 Å². The van der Waals surface area contributed by atoms with Gasteiger partial charge in [-0.3, -0.25) is 0 Å². The largest absolute Gasteiger partial charge is 0.301 e. The van der Waals surface area contributed by atoms with E-state index in [1.165, 1.54) is 0 Å². The Kier molecular flexibility index (Phi) is 3.87. The molecule has 1 unspecified atom stereocenters. The second-order valence-electron chi connectivity index (χ2n) is 2.50. The molecule has 0 aromatic carbocycles. The molecule has 0 fully saturated rings. The van der Waals surface area contributed by atoms with E-state index >= 15 is 0 Å². The third-order valence-electron chi connectivity index (χ3n) is 1.26. The van der Waals surface area contributed by atoms with Crippen LogP contribution in [0.1, 0.15) is 33.1 Å². The number of alkyl halides is 1. The summed E-state index contributed by atoms with van der Waals surface area (Å²) < 4.78 is 0. The van der Waals surface area contributed by atoms with Crippen LogP contribution in [0.5, 0.6) is 0 Å². The van der Waals surface area contributed by atoms with Crippen LogP contribution < -0.4 is 0 Å². The van der Waals surface area contributed by atoms with E-state index in [9.17, 15) is 4.79 Å². The normalized spacial score (nSPS) is 16.8. The Balaban J connectivity index is 3.45. The predicted octanol–water partition coefficient (Wildman–Crippen LogP) is 2.37. The van der Waals surface area contributed by atoms with Crippen molar-refractivity contribution < 1.29 is 4.79 Å². The number of carbonyl (C=O) groups is 1. The highest BCUT2D eigenvalue weighted by molar-refractivity contribution is 6.31. The van der Waals surface area contributed by atoms with Crippen LogP contribution in [0.2, 0.25) is 0 Å². The number of hydrogen-bond acceptors (Lipinski definition) is 1. The monoisotopic (exact) mass is 148 g/mol. The Morgan fingerprint density at radius 1 is 1.67 bits per heavy atom. The number of aldehydes is 1. The van der Waals surface area contributed by atoms with Gasteiger partial charge in [-0.1, -0.05) is 19.8 Å². The van der Waals surface area contributed by atoms with Crippen LogP contribution in [0.15, 0.2) is 0 Å². The van der Waals surface area contributed by atoms with Gasteiger partial charge in [0.2, 0.25) is 0 Å². The molecule has 0 radical (unpaired) electrons. The molecule has 0 aliphatic carbocycles. The van der Waals surface area contributed by atoms with Crippen LogP contribution in [0.3, 0.4) is 0 Å². The maximum Gasteiger partial charge on any atom is 0.140 e. The molecule has 0 saturated heterocycles. The molecule has 0 aromatic rings. The van der Waals surface area contributed by atoms with Crippen molar-refractivity contribution in [3.63, 3.8) is 0 Å². The predicted molar refractivity (Wildman–Crippen MR) is 39.8 cm³/mol. The van der Waals surface area contributed by atoms with Gasteiger partial charge in [-0.25, -0.2) is 0 Å². The zero-order valence-corrected chi connectivity index (χ0v) is 6.74. The molecular formula is C7H13ClO. The van der Waals surface area contributed by atoms with E-state index in [-0.39, 0.29) is 0 Å². The van der Waals surface area contributed by atoms with Crippen LogP contribution >= 0.6 is 11.6 Å². The first kappa shape index (κ1) is 8.96. The molecule has 0 aliphatic heterocycles. The van der Waals surface area contributed by atoms with Gasteiger partial charge in [0, 0.05) is 0 Å². The van der Waals surface area contributed by atoms with E-state index in [0.717, 1.165) is 25.5 Å². The van der Waals surface area contributed by atoms with Crippen molar-refractivity contribution in [2.24, 2.45) is 0 Å². The van der Waals surface area contributed by atoms with Crippen molar-refractivity contribution in [2.75, 3.05) is 0 Å². The van der Waals surface area contributed by atoms with Gasteiger partial charge in [0.1, 0.15) is 6.29 Å². The summed E-state index contributed by atoms with van der Waals surface area (Å²) in [5, 5.41) is 0. The number of hydrogen-bond donors (Lipinski definition) is 0. The van der Waals surface area contributed by atoms with Crippen molar-refractivity contribution in [3.8, 4) is 0 Å². The fourth-order valence-electron chi connectivity index (χ4n) is 0.581. The van der Waals surface area contributed by atoms with Crippen molar-refractivity contribution in [1.82, 2.24) is 0 Å². The molecule has 1 nitrogen and oxygen atoms in total. The topological polar surface area (TPSA) is 17.1 Å². The molecule has 0 amide bonds. The lowest BCUT2D eigenvalue weighted by atomic mass is 10.1. The Labute approximate surface area is 61.4 Å². The maximum atomic E-state index is 10.2. The van der Waals surface area contributed by atoms with Gasteiger partial charge in [-0.05, 0) is 13.3 Å². The molecule has 0 saturated carbocycles. The van der Waals surface area contributed by atoms with Crippen LogP contribution in [-0.4, -0.2) is 11.2 Å². The summed E-state index contributed by atoms with van der Waals surface area (Å²) >= 11 is 5.73. The summed E-state index contributed by atoms with van der Waals surface area (Å²) in [7, 11) is 0. The Morgan fingerprint density at radius 2 is 2.22 bits per heavy atom. The summed E-state index contributed by atoms with van der Waals surface area (Å²) in [5.41, 5.74) is 0. The van der Waals surface area contributed by atoms with Crippen LogP contribution in [0.25, 0.3) is 0 Å². The lowest BCUT2D eigenvalue weighted by molar-refractivity contribution is -0.109. The average Bonchev–Trinajstić information content (AvgIpc) is 1.84. The van der Waals surface area contributed by atoms with Gasteiger partial charge in [0.15, 0.2) is 0 Å². The molecule has 0 aromatic heterocycles. The minimum Gasteiger partial charge on any atom is -0.301 e. The summed E-state index contributed by atoms with van der Waals surface area (Å²) in [5.74, 6) is 0. The minimum atomic E-state index is -0.615. The standard InChI is InChI=1S/C7H13ClO/c1-3-4-5-7(2,8)6-9/h6H,3-5H2,1-2H3. The van der Waals surface area contributed by atoms with E-state index in [1.54, 1.807) is 6.92 Å². The Morgan fingerprint density at radius 3 is 2.56 bits per heavy atom. The van der Waals surface area contributed by atoms with Gasteiger partial charge in [-0.2, -0.15) is 0 Å². The minimum absolute atomic E-state index is 0.615. The molecule has 2 heteroatoms. The van der Waals surface area contributed by atoms with E-state index in [0.29, 0.717) is 0 Å². The SMILES string of the molecule is CCCCC(C)(Cl)C=O. The number of rotatable bonds is 4. The molecule has 0 bridgehead atoms. The molecular weight excluding hydrogens is 136 g/mol. The maximum absolute atomic E-state index is 10.2. The lowest BCUT2D eigenvalue weighted by Crippen LogP contribution is -2.17. The molecule has 54 valence electrons.